The number of hydrogen-bond donors (Lipinski definition) is 2. The van der Waals surface area contributed by atoms with Crippen LogP contribution >= 0.6 is 11.6 Å². The number of nitrogens with zero attached hydrogens (tertiary/aromatic N) is 2. The van der Waals surface area contributed by atoms with Crippen molar-refractivity contribution in [1.29, 1.82) is 0 Å². The Morgan fingerprint density at radius 3 is 2.19 bits per heavy atom. The maximum atomic E-state index is 12.3. The second-order valence-electron chi connectivity index (χ2n) is 7.39. The Bertz CT molecular complexity index is 909. The fourth-order valence-corrected chi connectivity index (χ4v) is 3.56. The second kappa shape index (κ2) is 11.8. The first-order valence-electron chi connectivity index (χ1n) is 10.2. The first-order valence-corrected chi connectivity index (χ1v) is 10.6. The predicted octanol–water partition coefficient (Wildman–Crippen LogP) is 2.81. The highest BCUT2D eigenvalue weighted by atomic mass is 35.5. The molecule has 2 N–H and O–H groups in total. The van der Waals surface area contributed by atoms with Crippen LogP contribution in [0.5, 0.6) is 5.75 Å². The summed E-state index contributed by atoms with van der Waals surface area (Å²) in [5.41, 5.74) is 1.45. The standard InChI is InChI=1S/C22H25ClF2N4O3/c23-18-12-17(6-7-19(18)32-22(24)25)27-21(31)15-29-10-8-28(9-11-29)14-20(30)26-13-16-4-2-1-3-5-16/h1-7,12,22H,8-11,13-15H2,(H,26,30)(H,27,31). The van der Waals surface area contributed by atoms with E-state index >= 15 is 0 Å². The van der Waals surface area contributed by atoms with Crippen LogP contribution in [0.3, 0.4) is 0 Å². The molecule has 0 bridgehead atoms. The third-order valence-electron chi connectivity index (χ3n) is 4.96. The van der Waals surface area contributed by atoms with E-state index in [0.717, 1.165) is 5.56 Å². The van der Waals surface area contributed by atoms with Crippen LogP contribution in [0.4, 0.5) is 14.5 Å². The van der Waals surface area contributed by atoms with Crippen molar-refractivity contribution in [2.24, 2.45) is 0 Å². The lowest BCUT2D eigenvalue weighted by molar-refractivity contribution is -0.123. The van der Waals surface area contributed by atoms with Crippen LogP contribution in [0.2, 0.25) is 5.02 Å². The number of carbonyl (C=O) groups excluding carboxylic acids is 2. The van der Waals surface area contributed by atoms with E-state index in [9.17, 15) is 18.4 Å². The predicted molar refractivity (Wildman–Crippen MR) is 118 cm³/mol. The molecule has 0 radical (unpaired) electrons. The quantitative estimate of drug-likeness (QED) is 0.594. The van der Waals surface area contributed by atoms with E-state index in [1.165, 1.54) is 18.2 Å². The molecule has 1 heterocycles. The van der Waals surface area contributed by atoms with Gasteiger partial charge in [-0.3, -0.25) is 19.4 Å². The number of nitrogens with one attached hydrogen (secondary N) is 2. The molecule has 10 heteroatoms. The van der Waals surface area contributed by atoms with Crippen molar-refractivity contribution in [1.82, 2.24) is 15.1 Å². The number of halogens is 3. The summed E-state index contributed by atoms with van der Waals surface area (Å²) in [4.78, 5) is 28.5. The van der Waals surface area contributed by atoms with Gasteiger partial charge in [0.2, 0.25) is 11.8 Å². The summed E-state index contributed by atoms with van der Waals surface area (Å²) in [6.07, 6.45) is 0. The van der Waals surface area contributed by atoms with Crippen LogP contribution < -0.4 is 15.4 Å². The van der Waals surface area contributed by atoms with Crippen LogP contribution in [-0.2, 0) is 16.1 Å². The fraction of sp³-hybridized carbons (Fsp3) is 0.364. The molecule has 3 rings (SSSR count). The van der Waals surface area contributed by atoms with Crippen molar-refractivity contribution < 1.29 is 23.1 Å². The average molecular weight is 467 g/mol. The summed E-state index contributed by atoms with van der Waals surface area (Å²) in [7, 11) is 0. The molecular weight excluding hydrogens is 442 g/mol. The third-order valence-corrected chi connectivity index (χ3v) is 5.26. The van der Waals surface area contributed by atoms with Gasteiger partial charge in [0.15, 0.2) is 0 Å². The zero-order valence-electron chi connectivity index (χ0n) is 17.4. The molecule has 2 amide bonds. The van der Waals surface area contributed by atoms with Crippen LogP contribution in [0.1, 0.15) is 5.56 Å². The summed E-state index contributed by atoms with van der Waals surface area (Å²) in [5.74, 6) is -0.419. The Kier molecular flexibility index (Phi) is 8.78. The third kappa shape index (κ3) is 7.74. The monoisotopic (exact) mass is 466 g/mol. The Hall–Kier alpha value is -2.75. The zero-order chi connectivity index (χ0) is 22.9. The Balaban J connectivity index is 1.36. The van der Waals surface area contributed by atoms with Gasteiger partial charge >= 0.3 is 6.61 Å². The molecule has 1 aliphatic heterocycles. The minimum absolute atomic E-state index is 0.0118. The molecule has 1 fully saturated rings. The molecule has 2 aromatic carbocycles. The molecular formula is C22H25ClF2N4O3. The molecule has 0 atom stereocenters. The van der Waals surface area contributed by atoms with E-state index < -0.39 is 6.61 Å². The largest absolute Gasteiger partial charge is 0.433 e. The molecule has 0 saturated carbocycles. The van der Waals surface area contributed by atoms with Gasteiger partial charge in [0.05, 0.1) is 18.1 Å². The van der Waals surface area contributed by atoms with E-state index in [1.807, 2.05) is 35.2 Å². The van der Waals surface area contributed by atoms with E-state index in [0.29, 0.717) is 45.0 Å². The summed E-state index contributed by atoms with van der Waals surface area (Å²) >= 11 is 5.91. The molecule has 0 unspecified atom stereocenters. The second-order valence-corrected chi connectivity index (χ2v) is 7.79. The topological polar surface area (TPSA) is 73.9 Å². The number of alkyl halides is 2. The van der Waals surface area contributed by atoms with Crippen molar-refractivity contribution >= 4 is 29.1 Å². The van der Waals surface area contributed by atoms with Gasteiger partial charge in [0, 0.05) is 38.4 Å². The first kappa shape index (κ1) is 23.9. The van der Waals surface area contributed by atoms with Gasteiger partial charge in [-0.05, 0) is 23.8 Å². The van der Waals surface area contributed by atoms with E-state index in [4.69, 9.17) is 11.6 Å². The van der Waals surface area contributed by atoms with Crippen LogP contribution in [0.25, 0.3) is 0 Å². The van der Waals surface area contributed by atoms with E-state index in [-0.39, 0.29) is 29.1 Å². The highest BCUT2D eigenvalue weighted by Gasteiger charge is 2.21. The lowest BCUT2D eigenvalue weighted by atomic mass is 10.2. The van der Waals surface area contributed by atoms with Gasteiger partial charge < -0.3 is 15.4 Å². The van der Waals surface area contributed by atoms with Crippen LogP contribution in [0.15, 0.2) is 48.5 Å². The lowest BCUT2D eigenvalue weighted by Gasteiger charge is -2.33. The minimum Gasteiger partial charge on any atom is -0.433 e. The Morgan fingerprint density at radius 1 is 0.969 bits per heavy atom. The lowest BCUT2D eigenvalue weighted by Crippen LogP contribution is -2.50. The SMILES string of the molecule is O=C(CN1CCN(CC(=O)Nc2ccc(OC(F)F)c(Cl)c2)CC1)NCc1ccccc1. The molecule has 1 saturated heterocycles. The average Bonchev–Trinajstić information content (AvgIpc) is 2.76. The highest BCUT2D eigenvalue weighted by molar-refractivity contribution is 6.32. The van der Waals surface area contributed by atoms with Gasteiger partial charge in [-0.25, -0.2) is 0 Å². The normalized spacial score (nSPS) is 14.9. The molecule has 0 aliphatic carbocycles. The first-order chi connectivity index (χ1) is 15.4. The molecule has 2 aromatic rings. The molecule has 7 nitrogen and oxygen atoms in total. The van der Waals surface area contributed by atoms with Crippen molar-refractivity contribution in [2.75, 3.05) is 44.6 Å². The summed E-state index contributed by atoms with van der Waals surface area (Å²) in [5, 5.41) is 5.60. The number of ether oxygens (including phenoxy) is 1. The number of amides is 2. The molecule has 172 valence electrons. The van der Waals surface area contributed by atoms with Crippen molar-refractivity contribution in [2.45, 2.75) is 13.2 Å². The van der Waals surface area contributed by atoms with E-state index in [2.05, 4.69) is 20.3 Å². The maximum absolute atomic E-state index is 12.3. The molecule has 32 heavy (non-hydrogen) atoms. The Labute approximate surface area is 190 Å². The van der Waals surface area contributed by atoms with Gasteiger partial charge in [-0.15, -0.1) is 0 Å². The maximum Gasteiger partial charge on any atom is 0.387 e. The molecule has 0 spiro atoms. The van der Waals surface area contributed by atoms with Crippen molar-refractivity contribution in [3.63, 3.8) is 0 Å². The highest BCUT2D eigenvalue weighted by Crippen LogP contribution is 2.28. The summed E-state index contributed by atoms with van der Waals surface area (Å²) < 4.78 is 28.9. The number of hydrogen-bond acceptors (Lipinski definition) is 5. The zero-order valence-corrected chi connectivity index (χ0v) is 18.2. The fourth-order valence-electron chi connectivity index (χ4n) is 3.33. The number of rotatable bonds is 9. The Morgan fingerprint density at radius 2 is 1.59 bits per heavy atom. The van der Waals surface area contributed by atoms with Gasteiger partial charge in [-0.1, -0.05) is 41.9 Å². The van der Waals surface area contributed by atoms with Gasteiger partial charge in [-0.2, -0.15) is 8.78 Å². The smallest absolute Gasteiger partial charge is 0.387 e. The van der Waals surface area contributed by atoms with Crippen molar-refractivity contribution in [3.8, 4) is 5.75 Å². The van der Waals surface area contributed by atoms with Crippen molar-refractivity contribution in [3.05, 3.63) is 59.1 Å². The minimum atomic E-state index is -2.97. The number of piperazine rings is 1. The van der Waals surface area contributed by atoms with Gasteiger partial charge in [0.1, 0.15) is 5.75 Å². The van der Waals surface area contributed by atoms with Crippen LogP contribution in [0, 0.1) is 0 Å². The molecule has 1 aliphatic rings. The summed E-state index contributed by atoms with van der Waals surface area (Å²) in [6, 6.07) is 13.8. The number of anilines is 1. The number of benzene rings is 2. The number of carbonyl (C=O) groups is 2. The molecule has 0 aromatic heterocycles. The van der Waals surface area contributed by atoms with Gasteiger partial charge in [0.25, 0.3) is 0 Å². The van der Waals surface area contributed by atoms with Crippen LogP contribution in [-0.4, -0.2) is 67.5 Å². The van der Waals surface area contributed by atoms with E-state index in [1.54, 1.807) is 0 Å². The summed E-state index contributed by atoms with van der Waals surface area (Å²) in [6.45, 7) is 0.692.